The Balaban J connectivity index is 1.88. The number of hydrogen-bond acceptors (Lipinski definition) is 2. The van der Waals surface area contributed by atoms with Gasteiger partial charge in [0.2, 0.25) is 5.91 Å². The van der Waals surface area contributed by atoms with E-state index in [4.69, 9.17) is 23.2 Å². The van der Waals surface area contributed by atoms with Gasteiger partial charge >= 0.3 is 0 Å². The van der Waals surface area contributed by atoms with E-state index in [1.807, 2.05) is 11.0 Å². The average Bonchev–Trinajstić information content (AvgIpc) is 2.44. The molecule has 1 fully saturated rings. The van der Waals surface area contributed by atoms with Crippen LogP contribution in [0.1, 0.15) is 18.9 Å². The summed E-state index contributed by atoms with van der Waals surface area (Å²) in [5.41, 5.74) is 0.917. The third-order valence-corrected chi connectivity index (χ3v) is 4.34. The van der Waals surface area contributed by atoms with Crippen LogP contribution in [0, 0.1) is 0 Å². The Morgan fingerprint density at radius 3 is 2.45 bits per heavy atom. The van der Waals surface area contributed by atoms with Gasteiger partial charge in [0.25, 0.3) is 0 Å². The minimum atomic E-state index is 0.166. The zero-order valence-electron chi connectivity index (χ0n) is 11.7. The molecule has 0 atom stereocenters. The molecule has 1 aliphatic rings. The number of rotatable bonds is 4. The molecule has 1 aliphatic heterocycles. The van der Waals surface area contributed by atoms with Gasteiger partial charge in [-0.3, -0.25) is 9.69 Å². The summed E-state index contributed by atoms with van der Waals surface area (Å²) in [5.74, 6) is 0.166. The number of carbonyl (C=O) groups excluding carboxylic acids is 1. The van der Waals surface area contributed by atoms with Crippen molar-refractivity contribution in [2.24, 2.45) is 0 Å². The summed E-state index contributed by atoms with van der Waals surface area (Å²) >= 11 is 11.9. The Kier molecular flexibility index (Phi) is 5.70. The lowest BCUT2D eigenvalue weighted by Crippen LogP contribution is -2.49. The SMILES string of the molecule is CCCN1CCN(C(=O)Cc2ccc(Cl)c(Cl)c2)CC1. The fourth-order valence-corrected chi connectivity index (χ4v) is 2.79. The quantitative estimate of drug-likeness (QED) is 0.852. The van der Waals surface area contributed by atoms with Crippen LogP contribution in [0.25, 0.3) is 0 Å². The molecule has 110 valence electrons. The van der Waals surface area contributed by atoms with Crippen LogP contribution in [0.5, 0.6) is 0 Å². The van der Waals surface area contributed by atoms with Crippen LogP contribution < -0.4 is 0 Å². The molecule has 1 aromatic carbocycles. The molecule has 3 nitrogen and oxygen atoms in total. The van der Waals surface area contributed by atoms with Crippen molar-refractivity contribution in [2.45, 2.75) is 19.8 Å². The lowest BCUT2D eigenvalue weighted by atomic mass is 10.1. The fraction of sp³-hybridized carbons (Fsp3) is 0.533. The van der Waals surface area contributed by atoms with E-state index >= 15 is 0 Å². The Morgan fingerprint density at radius 2 is 1.85 bits per heavy atom. The summed E-state index contributed by atoms with van der Waals surface area (Å²) in [4.78, 5) is 16.6. The minimum Gasteiger partial charge on any atom is -0.340 e. The van der Waals surface area contributed by atoms with E-state index in [9.17, 15) is 4.79 Å². The van der Waals surface area contributed by atoms with Gasteiger partial charge < -0.3 is 4.90 Å². The summed E-state index contributed by atoms with van der Waals surface area (Å²) in [6.45, 7) is 6.89. The van der Waals surface area contributed by atoms with Crippen molar-refractivity contribution in [1.82, 2.24) is 9.80 Å². The highest BCUT2D eigenvalue weighted by atomic mass is 35.5. The van der Waals surface area contributed by atoms with Crippen molar-refractivity contribution in [2.75, 3.05) is 32.7 Å². The van der Waals surface area contributed by atoms with E-state index < -0.39 is 0 Å². The van der Waals surface area contributed by atoms with Gasteiger partial charge in [-0.15, -0.1) is 0 Å². The monoisotopic (exact) mass is 314 g/mol. The Hall–Kier alpha value is -0.770. The van der Waals surface area contributed by atoms with E-state index in [1.165, 1.54) is 0 Å². The lowest BCUT2D eigenvalue weighted by molar-refractivity contribution is -0.132. The van der Waals surface area contributed by atoms with Gasteiger partial charge in [0.1, 0.15) is 0 Å². The van der Waals surface area contributed by atoms with Crippen LogP contribution in [-0.2, 0) is 11.2 Å². The second-order valence-corrected chi connectivity index (χ2v) is 5.96. The molecule has 0 spiro atoms. The minimum absolute atomic E-state index is 0.166. The molecule has 0 aromatic heterocycles. The third-order valence-electron chi connectivity index (χ3n) is 3.60. The molecule has 1 heterocycles. The molecule has 0 unspecified atom stereocenters. The van der Waals surface area contributed by atoms with Crippen LogP contribution in [0.15, 0.2) is 18.2 Å². The number of benzene rings is 1. The van der Waals surface area contributed by atoms with Gasteiger partial charge in [-0.05, 0) is 30.7 Å². The maximum absolute atomic E-state index is 12.3. The van der Waals surface area contributed by atoms with Crippen LogP contribution in [0.2, 0.25) is 10.0 Å². The number of nitrogens with zero attached hydrogens (tertiary/aromatic N) is 2. The molecular formula is C15H20Cl2N2O. The van der Waals surface area contributed by atoms with Crippen LogP contribution in [0.3, 0.4) is 0 Å². The van der Waals surface area contributed by atoms with Gasteiger partial charge in [0.15, 0.2) is 0 Å². The molecule has 1 saturated heterocycles. The Morgan fingerprint density at radius 1 is 1.15 bits per heavy atom. The molecule has 5 heteroatoms. The molecule has 0 radical (unpaired) electrons. The molecule has 0 aliphatic carbocycles. The van der Waals surface area contributed by atoms with E-state index in [2.05, 4.69) is 11.8 Å². The molecular weight excluding hydrogens is 295 g/mol. The van der Waals surface area contributed by atoms with Crippen molar-refractivity contribution in [1.29, 1.82) is 0 Å². The normalized spacial score (nSPS) is 16.4. The first-order valence-electron chi connectivity index (χ1n) is 7.04. The van der Waals surface area contributed by atoms with E-state index in [0.29, 0.717) is 16.5 Å². The maximum Gasteiger partial charge on any atom is 0.227 e. The summed E-state index contributed by atoms with van der Waals surface area (Å²) in [5, 5.41) is 1.03. The highest BCUT2D eigenvalue weighted by Crippen LogP contribution is 2.23. The number of piperazine rings is 1. The van der Waals surface area contributed by atoms with Crippen LogP contribution in [0.4, 0.5) is 0 Å². The number of hydrogen-bond donors (Lipinski definition) is 0. The molecule has 0 saturated carbocycles. The van der Waals surface area contributed by atoms with E-state index in [0.717, 1.165) is 44.7 Å². The first-order chi connectivity index (χ1) is 9.60. The van der Waals surface area contributed by atoms with Gasteiger partial charge in [-0.1, -0.05) is 36.2 Å². The second kappa shape index (κ2) is 7.30. The Bertz CT molecular complexity index is 471. The fourth-order valence-electron chi connectivity index (χ4n) is 2.47. The maximum atomic E-state index is 12.3. The highest BCUT2D eigenvalue weighted by molar-refractivity contribution is 6.42. The summed E-state index contributed by atoms with van der Waals surface area (Å²) in [6, 6.07) is 5.38. The van der Waals surface area contributed by atoms with E-state index in [1.54, 1.807) is 12.1 Å². The van der Waals surface area contributed by atoms with Crippen molar-refractivity contribution in [3.05, 3.63) is 33.8 Å². The van der Waals surface area contributed by atoms with Crippen LogP contribution >= 0.6 is 23.2 Å². The van der Waals surface area contributed by atoms with Crippen molar-refractivity contribution < 1.29 is 4.79 Å². The predicted molar refractivity (Wildman–Crippen MR) is 83.5 cm³/mol. The zero-order valence-corrected chi connectivity index (χ0v) is 13.3. The second-order valence-electron chi connectivity index (χ2n) is 5.15. The third kappa shape index (κ3) is 4.11. The molecule has 2 rings (SSSR count). The highest BCUT2D eigenvalue weighted by Gasteiger charge is 2.20. The number of carbonyl (C=O) groups is 1. The van der Waals surface area contributed by atoms with Gasteiger partial charge in [0, 0.05) is 26.2 Å². The first kappa shape index (κ1) is 15.6. The topological polar surface area (TPSA) is 23.6 Å². The van der Waals surface area contributed by atoms with Crippen LogP contribution in [-0.4, -0.2) is 48.4 Å². The standard InChI is InChI=1S/C15H20Cl2N2O/c1-2-5-18-6-8-19(9-7-18)15(20)11-12-3-4-13(16)14(17)10-12/h3-4,10H,2,5-9,11H2,1H3. The summed E-state index contributed by atoms with van der Waals surface area (Å²) in [6.07, 6.45) is 1.56. The van der Waals surface area contributed by atoms with Gasteiger partial charge in [-0.25, -0.2) is 0 Å². The largest absolute Gasteiger partial charge is 0.340 e. The lowest BCUT2D eigenvalue weighted by Gasteiger charge is -2.34. The molecule has 1 aromatic rings. The first-order valence-corrected chi connectivity index (χ1v) is 7.80. The van der Waals surface area contributed by atoms with Crippen molar-refractivity contribution in [3.8, 4) is 0 Å². The molecule has 20 heavy (non-hydrogen) atoms. The van der Waals surface area contributed by atoms with Gasteiger partial charge in [-0.2, -0.15) is 0 Å². The van der Waals surface area contributed by atoms with E-state index in [-0.39, 0.29) is 5.91 Å². The smallest absolute Gasteiger partial charge is 0.227 e. The number of amides is 1. The molecule has 0 bridgehead atoms. The summed E-state index contributed by atoms with van der Waals surface area (Å²) < 4.78 is 0. The van der Waals surface area contributed by atoms with Crippen molar-refractivity contribution >= 4 is 29.1 Å². The molecule has 1 amide bonds. The Labute approximate surface area is 130 Å². The van der Waals surface area contributed by atoms with Gasteiger partial charge in [0.05, 0.1) is 16.5 Å². The van der Waals surface area contributed by atoms with Crippen molar-refractivity contribution in [3.63, 3.8) is 0 Å². The zero-order chi connectivity index (χ0) is 14.5. The summed E-state index contributed by atoms with van der Waals surface area (Å²) in [7, 11) is 0. The molecule has 0 N–H and O–H groups in total. The number of halogens is 2. The average molecular weight is 315 g/mol. The predicted octanol–water partition coefficient (Wildman–Crippen LogP) is 3.09.